The molecule has 2 heteroatoms. The number of amidine groups is 1. The van der Waals surface area contributed by atoms with Gasteiger partial charge in [-0.1, -0.05) is 37.3 Å². The summed E-state index contributed by atoms with van der Waals surface area (Å²) in [6, 6.07) is 10.2. The molecule has 0 saturated heterocycles. The Kier molecular flexibility index (Phi) is 4.62. The highest BCUT2D eigenvalue weighted by atomic mass is 14.9. The van der Waals surface area contributed by atoms with E-state index in [4.69, 9.17) is 0 Å². The average Bonchev–Trinajstić information content (AvgIpc) is 2.25. The Hall–Kier alpha value is -1.44. The number of rotatable bonds is 3. The molecule has 0 radical (unpaired) electrons. The topological polar surface area (TPSA) is 24.7 Å². The van der Waals surface area contributed by atoms with Gasteiger partial charge in [0.05, 0.1) is 6.54 Å². The molecule has 0 aliphatic rings. The van der Waals surface area contributed by atoms with Crippen LogP contribution in [0.2, 0.25) is 0 Å². The molecule has 1 aromatic carbocycles. The van der Waals surface area contributed by atoms with Crippen LogP contribution in [0.3, 0.4) is 0 Å². The zero-order valence-corrected chi connectivity index (χ0v) is 8.77. The number of nitrogens with zero attached hydrogens (tertiary/aromatic N) is 2. The van der Waals surface area contributed by atoms with Crippen LogP contribution >= 0.6 is 0 Å². The molecular formula is C12H16N2. The van der Waals surface area contributed by atoms with E-state index in [0.717, 1.165) is 18.8 Å². The fourth-order valence-corrected chi connectivity index (χ4v) is 1.16. The molecule has 0 fully saturated rings. The van der Waals surface area contributed by atoms with Gasteiger partial charge in [0.1, 0.15) is 5.84 Å². The van der Waals surface area contributed by atoms with E-state index < -0.39 is 0 Å². The summed E-state index contributed by atoms with van der Waals surface area (Å²) >= 11 is 0. The predicted molar refractivity (Wildman–Crippen MR) is 62.0 cm³/mol. The van der Waals surface area contributed by atoms with Crippen LogP contribution in [0, 0.1) is 0 Å². The van der Waals surface area contributed by atoms with Crippen molar-refractivity contribution in [3.8, 4) is 0 Å². The van der Waals surface area contributed by atoms with E-state index >= 15 is 0 Å². The number of aliphatic imine (C=N–C) groups is 2. The summed E-state index contributed by atoms with van der Waals surface area (Å²) in [5.41, 5.74) is 1.23. The molecule has 1 aromatic rings. The van der Waals surface area contributed by atoms with Crippen LogP contribution in [0.5, 0.6) is 0 Å². The van der Waals surface area contributed by atoms with E-state index in [0.29, 0.717) is 0 Å². The maximum absolute atomic E-state index is 4.42. The van der Waals surface area contributed by atoms with Crippen LogP contribution in [0.4, 0.5) is 0 Å². The van der Waals surface area contributed by atoms with Crippen LogP contribution in [0.15, 0.2) is 40.3 Å². The molecule has 1 rings (SSSR count). The van der Waals surface area contributed by atoms with Gasteiger partial charge in [-0.05, 0) is 12.5 Å². The van der Waals surface area contributed by atoms with Crippen molar-refractivity contribution in [3.63, 3.8) is 0 Å². The van der Waals surface area contributed by atoms with E-state index in [2.05, 4.69) is 29.0 Å². The lowest BCUT2D eigenvalue weighted by atomic mass is 10.2. The molecule has 14 heavy (non-hydrogen) atoms. The lowest BCUT2D eigenvalue weighted by molar-refractivity contribution is 1.04. The molecule has 0 unspecified atom stereocenters. The van der Waals surface area contributed by atoms with Gasteiger partial charge in [0.15, 0.2) is 0 Å². The molecule has 74 valence electrons. The van der Waals surface area contributed by atoms with Gasteiger partial charge in [0.25, 0.3) is 0 Å². The minimum absolute atomic E-state index is 0.724. The molecule has 0 atom stereocenters. The Morgan fingerprint density at radius 3 is 2.57 bits per heavy atom. The largest absolute Gasteiger partial charge is 0.266 e. The molecule has 0 bridgehead atoms. The van der Waals surface area contributed by atoms with Crippen LogP contribution in [-0.2, 0) is 6.54 Å². The molecule has 2 nitrogen and oxygen atoms in total. The Morgan fingerprint density at radius 1 is 1.29 bits per heavy atom. The molecule has 0 spiro atoms. The fourth-order valence-electron chi connectivity index (χ4n) is 1.16. The lowest BCUT2D eigenvalue weighted by Crippen LogP contribution is -1.93. The van der Waals surface area contributed by atoms with Crippen LogP contribution in [0.1, 0.15) is 25.8 Å². The molecule has 0 aromatic heterocycles. The second-order valence-corrected chi connectivity index (χ2v) is 2.96. The minimum atomic E-state index is 0.724. The van der Waals surface area contributed by atoms with Crippen molar-refractivity contribution in [2.75, 3.05) is 0 Å². The third kappa shape index (κ3) is 3.52. The predicted octanol–water partition coefficient (Wildman–Crippen LogP) is 3.09. The van der Waals surface area contributed by atoms with Gasteiger partial charge in [-0.15, -0.1) is 0 Å². The number of hydrogen-bond donors (Lipinski definition) is 0. The molecule has 0 aliphatic heterocycles. The summed E-state index contributed by atoms with van der Waals surface area (Å²) in [6.45, 7) is 4.70. The van der Waals surface area contributed by atoms with Gasteiger partial charge in [-0.3, -0.25) is 4.99 Å². The first-order valence-corrected chi connectivity index (χ1v) is 4.92. The first-order valence-electron chi connectivity index (χ1n) is 4.92. The minimum Gasteiger partial charge on any atom is -0.266 e. The van der Waals surface area contributed by atoms with Crippen molar-refractivity contribution in [1.29, 1.82) is 0 Å². The van der Waals surface area contributed by atoms with Gasteiger partial charge in [-0.2, -0.15) is 0 Å². The zero-order chi connectivity index (χ0) is 10.2. The summed E-state index contributed by atoms with van der Waals surface area (Å²) in [6.07, 6.45) is 2.67. The first-order chi connectivity index (χ1) is 6.86. The Morgan fingerprint density at radius 2 is 2.00 bits per heavy atom. The van der Waals surface area contributed by atoms with Crippen molar-refractivity contribution < 1.29 is 0 Å². The van der Waals surface area contributed by atoms with Gasteiger partial charge < -0.3 is 0 Å². The molecule has 0 saturated carbocycles. The summed E-state index contributed by atoms with van der Waals surface area (Å²) in [5, 5.41) is 0. The number of benzene rings is 1. The molecular weight excluding hydrogens is 172 g/mol. The SMILES string of the molecule is CC=NC(CC)=NCc1ccccc1. The van der Waals surface area contributed by atoms with Crippen molar-refractivity contribution in [1.82, 2.24) is 0 Å². The third-order valence-corrected chi connectivity index (χ3v) is 1.88. The van der Waals surface area contributed by atoms with Crippen molar-refractivity contribution in [3.05, 3.63) is 35.9 Å². The summed E-state index contributed by atoms with van der Waals surface area (Å²) in [4.78, 5) is 8.60. The van der Waals surface area contributed by atoms with Crippen LogP contribution < -0.4 is 0 Å². The van der Waals surface area contributed by atoms with E-state index in [-0.39, 0.29) is 0 Å². The van der Waals surface area contributed by atoms with Gasteiger partial charge in [0, 0.05) is 12.6 Å². The highest BCUT2D eigenvalue weighted by Crippen LogP contribution is 2.01. The summed E-state index contributed by atoms with van der Waals surface area (Å²) in [5.74, 6) is 0.913. The van der Waals surface area contributed by atoms with Gasteiger partial charge in [-0.25, -0.2) is 4.99 Å². The fraction of sp³-hybridized carbons (Fsp3) is 0.333. The molecule has 0 amide bonds. The smallest absolute Gasteiger partial charge is 0.122 e. The van der Waals surface area contributed by atoms with Crippen molar-refractivity contribution >= 4 is 12.1 Å². The van der Waals surface area contributed by atoms with E-state index in [1.165, 1.54) is 5.56 Å². The van der Waals surface area contributed by atoms with E-state index in [1.807, 2.05) is 25.1 Å². The van der Waals surface area contributed by atoms with Gasteiger partial charge >= 0.3 is 0 Å². The summed E-state index contributed by atoms with van der Waals surface area (Å²) < 4.78 is 0. The maximum atomic E-state index is 4.42. The highest BCUT2D eigenvalue weighted by molar-refractivity contribution is 5.88. The third-order valence-electron chi connectivity index (χ3n) is 1.88. The Labute approximate surface area is 85.4 Å². The second kappa shape index (κ2) is 6.08. The number of hydrogen-bond acceptors (Lipinski definition) is 1. The van der Waals surface area contributed by atoms with Crippen molar-refractivity contribution in [2.45, 2.75) is 26.8 Å². The van der Waals surface area contributed by atoms with E-state index in [9.17, 15) is 0 Å². The lowest BCUT2D eigenvalue weighted by Gasteiger charge is -1.97. The van der Waals surface area contributed by atoms with Crippen molar-refractivity contribution in [2.24, 2.45) is 9.98 Å². The normalized spacial score (nSPS) is 12.3. The Balaban J connectivity index is 2.61. The summed E-state index contributed by atoms with van der Waals surface area (Å²) in [7, 11) is 0. The highest BCUT2D eigenvalue weighted by Gasteiger charge is 1.91. The quantitative estimate of drug-likeness (QED) is 0.514. The molecule has 0 aliphatic carbocycles. The van der Waals surface area contributed by atoms with E-state index in [1.54, 1.807) is 6.21 Å². The maximum Gasteiger partial charge on any atom is 0.122 e. The standard InChI is InChI=1S/C12H16N2/c1-3-12(13-4-2)14-10-11-8-6-5-7-9-11/h4-9H,3,10H2,1-2H3. The average molecular weight is 188 g/mol. The zero-order valence-electron chi connectivity index (χ0n) is 8.77. The molecule has 0 heterocycles. The van der Waals surface area contributed by atoms with Crippen LogP contribution in [0.25, 0.3) is 0 Å². The molecule has 0 N–H and O–H groups in total. The Bertz CT molecular complexity index is 312. The monoisotopic (exact) mass is 188 g/mol. The van der Waals surface area contributed by atoms with Crippen LogP contribution in [-0.4, -0.2) is 12.1 Å². The second-order valence-electron chi connectivity index (χ2n) is 2.96. The van der Waals surface area contributed by atoms with Gasteiger partial charge in [0.2, 0.25) is 0 Å². The first kappa shape index (κ1) is 10.6.